The van der Waals surface area contributed by atoms with Crippen LogP contribution in [0.4, 0.5) is 0 Å². The summed E-state index contributed by atoms with van der Waals surface area (Å²) in [6.07, 6.45) is 4.24. The zero-order valence-electron chi connectivity index (χ0n) is 10.7. The molecule has 0 bridgehead atoms. The van der Waals surface area contributed by atoms with Crippen LogP contribution in [-0.4, -0.2) is 15.7 Å². The normalized spacial score (nSPS) is 13.6. The average Bonchev–Trinajstić information content (AvgIpc) is 2.47. The first kappa shape index (κ1) is 12.7. The zero-order chi connectivity index (χ0) is 12.3. The molecule has 0 saturated heterocycles. The lowest BCUT2D eigenvalue weighted by Crippen LogP contribution is -2.29. The molecule has 0 saturated carbocycles. The number of carbonyl (C=O) groups is 1. The topological polar surface area (TPSA) is 46.9 Å². The third-order valence-corrected chi connectivity index (χ3v) is 2.29. The van der Waals surface area contributed by atoms with Gasteiger partial charge in [-0.25, -0.2) is 0 Å². The van der Waals surface area contributed by atoms with Gasteiger partial charge in [-0.2, -0.15) is 5.10 Å². The Balaban J connectivity index is 2.52. The van der Waals surface area contributed by atoms with Crippen molar-refractivity contribution in [3.63, 3.8) is 0 Å². The minimum absolute atomic E-state index is 0.0172. The van der Waals surface area contributed by atoms with E-state index < -0.39 is 0 Å². The van der Waals surface area contributed by atoms with Gasteiger partial charge >= 0.3 is 0 Å². The molecule has 1 aromatic heterocycles. The van der Waals surface area contributed by atoms with Gasteiger partial charge in [0.25, 0.3) is 0 Å². The molecule has 0 radical (unpaired) electrons. The molecule has 0 aromatic carbocycles. The van der Waals surface area contributed by atoms with Crippen LogP contribution >= 0.6 is 0 Å². The Bertz CT molecular complexity index is 363. The molecular formula is C12H21N3O. The van der Waals surface area contributed by atoms with Crippen molar-refractivity contribution in [1.82, 2.24) is 15.1 Å². The van der Waals surface area contributed by atoms with E-state index in [9.17, 15) is 4.79 Å². The fraction of sp³-hybridized carbons (Fsp3) is 0.667. The summed E-state index contributed by atoms with van der Waals surface area (Å²) in [6, 6.07) is 0.0172. The minimum Gasteiger partial charge on any atom is -0.349 e. The number of carbonyl (C=O) groups excluding carboxylic acids is 1. The molecular weight excluding hydrogens is 202 g/mol. The van der Waals surface area contributed by atoms with Crippen molar-refractivity contribution in [2.24, 2.45) is 12.5 Å². The Morgan fingerprint density at radius 3 is 2.62 bits per heavy atom. The smallest absolute Gasteiger partial charge is 0.220 e. The highest BCUT2D eigenvalue weighted by molar-refractivity contribution is 5.77. The number of aromatic nitrogens is 2. The summed E-state index contributed by atoms with van der Waals surface area (Å²) in [5.74, 6) is 0.0869. The van der Waals surface area contributed by atoms with Crippen LogP contribution in [0.15, 0.2) is 12.4 Å². The van der Waals surface area contributed by atoms with Gasteiger partial charge in [-0.15, -0.1) is 0 Å². The summed E-state index contributed by atoms with van der Waals surface area (Å²) < 4.78 is 1.74. The van der Waals surface area contributed by atoms with E-state index in [-0.39, 0.29) is 17.4 Å². The summed E-state index contributed by atoms with van der Waals surface area (Å²) in [7, 11) is 1.87. The van der Waals surface area contributed by atoms with Gasteiger partial charge in [0, 0.05) is 25.2 Å². The van der Waals surface area contributed by atoms with Crippen molar-refractivity contribution in [2.75, 3.05) is 0 Å². The third-order valence-electron chi connectivity index (χ3n) is 2.29. The molecule has 0 aliphatic heterocycles. The zero-order valence-corrected chi connectivity index (χ0v) is 10.7. The number of hydrogen-bond donors (Lipinski definition) is 1. The minimum atomic E-state index is 0.0172. The first-order chi connectivity index (χ1) is 7.28. The van der Waals surface area contributed by atoms with E-state index in [4.69, 9.17) is 0 Å². The van der Waals surface area contributed by atoms with Crippen LogP contribution < -0.4 is 5.32 Å². The number of nitrogens with one attached hydrogen (secondary N) is 1. The highest BCUT2D eigenvalue weighted by Crippen LogP contribution is 2.19. The number of nitrogens with zero attached hydrogens (tertiary/aromatic N) is 2. The van der Waals surface area contributed by atoms with Gasteiger partial charge in [0.05, 0.1) is 12.2 Å². The summed E-state index contributed by atoms with van der Waals surface area (Å²) in [6.45, 7) is 8.14. The van der Waals surface area contributed by atoms with E-state index in [1.54, 1.807) is 10.9 Å². The van der Waals surface area contributed by atoms with E-state index in [1.165, 1.54) is 0 Å². The second-order valence-electron chi connectivity index (χ2n) is 5.47. The molecule has 1 amide bonds. The van der Waals surface area contributed by atoms with E-state index in [2.05, 4.69) is 31.2 Å². The predicted octanol–water partition coefficient (Wildman–Crippen LogP) is 2.03. The number of aryl methyl sites for hydroxylation is 1. The van der Waals surface area contributed by atoms with Crippen LogP contribution in [0, 0.1) is 5.41 Å². The molecule has 0 aliphatic rings. The lowest BCUT2D eigenvalue weighted by atomic mass is 9.92. The Labute approximate surface area is 97.0 Å². The maximum atomic E-state index is 11.7. The second kappa shape index (κ2) is 4.68. The molecule has 4 nitrogen and oxygen atoms in total. The number of rotatable bonds is 3. The number of hydrogen-bond acceptors (Lipinski definition) is 2. The highest BCUT2D eigenvalue weighted by atomic mass is 16.1. The van der Waals surface area contributed by atoms with Crippen molar-refractivity contribution in [2.45, 2.75) is 40.2 Å². The van der Waals surface area contributed by atoms with Gasteiger partial charge in [-0.1, -0.05) is 20.8 Å². The Morgan fingerprint density at radius 2 is 2.19 bits per heavy atom. The van der Waals surface area contributed by atoms with Gasteiger partial charge in [0.2, 0.25) is 5.91 Å². The molecule has 1 rings (SSSR count). The third kappa shape index (κ3) is 4.04. The van der Waals surface area contributed by atoms with Crippen LogP contribution in [-0.2, 0) is 11.8 Å². The Kier molecular flexibility index (Phi) is 3.73. The molecule has 90 valence electrons. The van der Waals surface area contributed by atoms with Gasteiger partial charge in [-0.3, -0.25) is 9.48 Å². The molecule has 4 heteroatoms. The van der Waals surface area contributed by atoms with Crippen molar-refractivity contribution >= 4 is 5.91 Å². The monoisotopic (exact) mass is 223 g/mol. The van der Waals surface area contributed by atoms with Crippen molar-refractivity contribution < 1.29 is 4.79 Å². The molecule has 0 spiro atoms. The molecule has 1 heterocycles. The summed E-state index contributed by atoms with van der Waals surface area (Å²) in [5, 5.41) is 7.06. The van der Waals surface area contributed by atoms with Crippen LogP contribution in [0.1, 0.15) is 45.7 Å². The molecule has 0 aliphatic carbocycles. The maximum absolute atomic E-state index is 11.7. The Hall–Kier alpha value is -1.32. The summed E-state index contributed by atoms with van der Waals surface area (Å²) >= 11 is 0. The van der Waals surface area contributed by atoms with Gasteiger partial charge in [0.1, 0.15) is 0 Å². The maximum Gasteiger partial charge on any atom is 0.220 e. The van der Waals surface area contributed by atoms with Gasteiger partial charge in [-0.05, 0) is 12.3 Å². The Morgan fingerprint density at radius 1 is 1.56 bits per heavy atom. The molecule has 1 N–H and O–H groups in total. The van der Waals surface area contributed by atoms with Crippen molar-refractivity contribution in [3.05, 3.63) is 18.0 Å². The molecule has 0 unspecified atom stereocenters. The van der Waals surface area contributed by atoms with Gasteiger partial charge < -0.3 is 5.32 Å². The van der Waals surface area contributed by atoms with Crippen LogP contribution in [0.3, 0.4) is 0 Å². The van der Waals surface area contributed by atoms with E-state index in [0.29, 0.717) is 6.42 Å². The lowest BCUT2D eigenvalue weighted by Gasteiger charge is -2.19. The summed E-state index contributed by atoms with van der Waals surface area (Å²) in [4.78, 5) is 11.7. The lowest BCUT2D eigenvalue weighted by molar-refractivity contribution is -0.123. The number of amides is 1. The van der Waals surface area contributed by atoms with Crippen molar-refractivity contribution in [1.29, 1.82) is 0 Å². The van der Waals surface area contributed by atoms with E-state index in [1.807, 2.05) is 20.2 Å². The molecule has 16 heavy (non-hydrogen) atoms. The van der Waals surface area contributed by atoms with Crippen LogP contribution in [0.25, 0.3) is 0 Å². The molecule has 0 fully saturated rings. The fourth-order valence-corrected chi connectivity index (χ4v) is 1.52. The first-order valence-corrected chi connectivity index (χ1v) is 5.56. The van der Waals surface area contributed by atoms with E-state index >= 15 is 0 Å². The quantitative estimate of drug-likeness (QED) is 0.852. The fourth-order valence-electron chi connectivity index (χ4n) is 1.52. The standard InChI is InChI=1S/C12H21N3O/c1-9(10-7-13-15(5)8-10)14-11(16)6-12(2,3)4/h7-9H,6H2,1-5H3,(H,14,16)/t9-/m1/s1. The molecule has 1 aromatic rings. The SMILES string of the molecule is C[C@@H](NC(=O)CC(C)(C)C)c1cnn(C)c1. The first-order valence-electron chi connectivity index (χ1n) is 5.56. The van der Waals surface area contributed by atoms with Crippen LogP contribution in [0.2, 0.25) is 0 Å². The predicted molar refractivity (Wildman–Crippen MR) is 63.8 cm³/mol. The highest BCUT2D eigenvalue weighted by Gasteiger charge is 2.18. The average molecular weight is 223 g/mol. The van der Waals surface area contributed by atoms with Crippen molar-refractivity contribution in [3.8, 4) is 0 Å². The second-order valence-corrected chi connectivity index (χ2v) is 5.47. The van der Waals surface area contributed by atoms with Gasteiger partial charge in [0.15, 0.2) is 0 Å². The van der Waals surface area contributed by atoms with E-state index in [0.717, 1.165) is 5.56 Å². The molecule has 1 atom stereocenters. The summed E-state index contributed by atoms with van der Waals surface area (Å²) in [5.41, 5.74) is 1.06. The van der Waals surface area contributed by atoms with Crippen LogP contribution in [0.5, 0.6) is 0 Å². The largest absolute Gasteiger partial charge is 0.349 e.